The Kier molecular flexibility index (Phi) is 7.46. The Morgan fingerprint density at radius 2 is 0.869 bits per heavy atom. The molecule has 0 saturated carbocycles. The minimum absolute atomic E-state index is 0.0204. The summed E-state index contributed by atoms with van der Waals surface area (Å²) >= 11 is 0. The molecule has 0 spiro atoms. The molecule has 2 heteroatoms. The second-order valence-electron chi connectivity index (χ2n) is 22.4. The molecule has 0 fully saturated rings. The van der Waals surface area contributed by atoms with Crippen LogP contribution in [0.1, 0.15) is 105 Å². The second kappa shape index (κ2) is 11.9. The van der Waals surface area contributed by atoms with Crippen molar-refractivity contribution < 1.29 is 0 Å². The third kappa shape index (κ3) is 5.08. The van der Waals surface area contributed by atoms with Crippen LogP contribution in [-0.4, -0.2) is 8.80 Å². The molecule has 0 N–H and O–H groups in total. The lowest BCUT2D eigenvalue weighted by molar-refractivity contribution is 0.525. The lowest BCUT2D eigenvalue weighted by atomic mass is 9.83. The van der Waals surface area contributed by atoms with Crippen LogP contribution in [0.2, 0.25) is 0 Å². The number of benzene rings is 7. The summed E-state index contributed by atoms with van der Waals surface area (Å²) in [6, 6.07) is 38.0. The fourth-order valence-electron chi connectivity index (χ4n) is 10.7. The Balaban J connectivity index is 1.45. The van der Waals surface area contributed by atoms with Crippen LogP contribution < -0.4 is 5.22 Å². The Hall–Kier alpha value is -5.86. The lowest BCUT2D eigenvalue weighted by Gasteiger charge is -2.21. The van der Waals surface area contributed by atoms with Gasteiger partial charge in [0.1, 0.15) is 0 Å². The number of nitrogens with zero attached hydrogens (tertiary/aromatic N) is 2. The van der Waals surface area contributed by atoms with E-state index in [-0.39, 0.29) is 21.7 Å². The standard InChI is InChI=1S/C59H58N2/c1-32(56(3,4)5)27-43-41-28-34(57(6,7)8)23-25-46(41)60-52(43)33(2)48-49-37-19-15-18-22-40(37)55-51(50(49)38-20-16-17-21-39(38)54(48)60)45-31-36(59(12,13)14)30-44-42-29-35(58(9,10)11)24-26-47(42)61(55)53(44)45/h15-31H,1H2,2-14H3/b43-27-. The topological polar surface area (TPSA) is 8.82 Å². The first kappa shape index (κ1) is 38.1. The SMILES string of the molecule is C=C(/C=c1/c2cc(C(C)(C)C)ccc2n2c1c(C)c1c3c4ccccc4c4c(c5cc(C(C)(C)C)cc6c7cc(C(C)(C)C)ccc7n4c65)c3c3ccccc3c12)C(C)(C)C. The van der Waals surface area contributed by atoms with E-state index in [2.05, 4.69) is 209 Å². The maximum Gasteiger partial charge on any atom is 0.0626 e. The molecule has 0 aliphatic carbocycles. The maximum absolute atomic E-state index is 4.68. The van der Waals surface area contributed by atoms with Crippen molar-refractivity contribution in [3.05, 3.63) is 137 Å². The molecule has 0 unspecified atom stereocenters. The molecule has 304 valence electrons. The molecular weight excluding hydrogens is 737 g/mol. The van der Waals surface area contributed by atoms with Gasteiger partial charge in [0.15, 0.2) is 0 Å². The summed E-state index contributed by atoms with van der Waals surface area (Å²) < 4.78 is 5.24. The molecule has 61 heavy (non-hydrogen) atoms. The molecule has 0 aliphatic heterocycles. The van der Waals surface area contributed by atoms with Crippen molar-refractivity contribution in [2.75, 3.05) is 0 Å². The van der Waals surface area contributed by atoms with Crippen molar-refractivity contribution in [3.8, 4) is 0 Å². The summed E-state index contributed by atoms with van der Waals surface area (Å²) in [6.07, 6.45) is 2.40. The van der Waals surface area contributed by atoms with Gasteiger partial charge in [0.05, 0.1) is 33.1 Å². The lowest BCUT2D eigenvalue weighted by Crippen LogP contribution is -2.12. The van der Waals surface area contributed by atoms with E-state index in [1.165, 1.54) is 125 Å². The molecule has 0 bridgehead atoms. The van der Waals surface area contributed by atoms with Gasteiger partial charge in [-0.2, -0.15) is 0 Å². The van der Waals surface area contributed by atoms with Gasteiger partial charge >= 0.3 is 0 Å². The zero-order chi connectivity index (χ0) is 43.0. The highest BCUT2D eigenvalue weighted by atomic mass is 14.9. The van der Waals surface area contributed by atoms with Crippen LogP contribution >= 0.6 is 0 Å². The Morgan fingerprint density at radius 3 is 1.41 bits per heavy atom. The second-order valence-corrected chi connectivity index (χ2v) is 22.4. The fraction of sp³-hybridized carbons (Fsp3) is 0.288. The predicted molar refractivity (Wildman–Crippen MR) is 269 cm³/mol. The largest absolute Gasteiger partial charge is 0.308 e. The summed E-state index contributed by atoms with van der Waals surface area (Å²) in [7, 11) is 0. The van der Waals surface area contributed by atoms with E-state index < -0.39 is 0 Å². The molecule has 0 radical (unpaired) electrons. The van der Waals surface area contributed by atoms with E-state index in [1.807, 2.05) is 0 Å². The zero-order valence-corrected chi connectivity index (χ0v) is 38.4. The van der Waals surface area contributed by atoms with Crippen LogP contribution in [0, 0.1) is 12.3 Å². The summed E-state index contributed by atoms with van der Waals surface area (Å²) in [5, 5.41) is 17.2. The Bertz CT molecular complexity index is 3790. The third-order valence-electron chi connectivity index (χ3n) is 14.3. The highest BCUT2D eigenvalue weighted by Gasteiger charge is 2.30. The van der Waals surface area contributed by atoms with E-state index >= 15 is 0 Å². The molecule has 4 heterocycles. The van der Waals surface area contributed by atoms with Crippen LogP contribution in [0.25, 0.3) is 104 Å². The minimum atomic E-state index is -0.0692. The summed E-state index contributed by atoms with van der Waals surface area (Å²) in [5.74, 6) is 0. The molecule has 0 aliphatic rings. The van der Waals surface area contributed by atoms with E-state index in [0.29, 0.717) is 0 Å². The van der Waals surface area contributed by atoms with E-state index in [9.17, 15) is 0 Å². The number of hydrogen-bond acceptors (Lipinski definition) is 0. The van der Waals surface area contributed by atoms with Crippen LogP contribution in [0.5, 0.6) is 0 Å². The van der Waals surface area contributed by atoms with Crippen molar-refractivity contribution in [1.29, 1.82) is 0 Å². The van der Waals surface area contributed by atoms with Crippen molar-refractivity contribution in [3.63, 3.8) is 0 Å². The molecule has 0 atom stereocenters. The first-order valence-electron chi connectivity index (χ1n) is 22.3. The van der Waals surface area contributed by atoms with Crippen molar-refractivity contribution >= 4 is 104 Å². The molecule has 4 aromatic heterocycles. The van der Waals surface area contributed by atoms with Gasteiger partial charge in [0.25, 0.3) is 0 Å². The highest BCUT2D eigenvalue weighted by molar-refractivity contribution is 6.45. The minimum Gasteiger partial charge on any atom is -0.308 e. The van der Waals surface area contributed by atoms with Gasteiger partial charge in [-0.05, 0) is 110 Å². The van der Waals surface area contributed by atoms with Gasteiger partial charge in [0, 0.05) is 59.1 Å². The predicted octanol–water partition coefficient (Wildman–Crippen LogP) is 16.2. The monoisotopic (exact) mass is 794 g/mol. The van der Waals surface area contributed by atoms with Gasteiger partial charge in [-0.1, -0.05) is 150 Å². The van der Waals surface area contributed by atoms with Crippen LogP contribution in [0.15, 0.2) is 109 Å². The first-order chi connectivity index (χ1) is 28.7. The smallest absolute Gasteiger partial charge is 0.0626 e. The van der Waals surface area contributed by atoms with Gasteiger partial charge in [0.2, 0.25) is 0 Å². The van der Waals surface area contributed by atoms with Crippen LogP contribution in [0.4, 0.5) is 0 Å². The Labute approximate surface area is 359 Å². The van der Waals surface area contributed by atoms with E-state index in [0.717, 1.165) is 5.57 Å². The Morgan fingerprint density at radius 1 is 0.426 bits per heavy atom. The average Bonchev–Trinajstić information content (AvgIpc) is 3.90. The maximum atomic E-state index is 4.68. The number of aromatic nitrogens is 2. The van der Waals surface area contributed by atoms with E-state index in [4.69, 9.17) is 0 Å². The molecule has 7 aromatic carbocycles. The molecule has 0 amide bonds. The average molecular weight is 795 g/mol. The molecule has 0 saturated heterocycles. The number of hydrogen-bond donors (Lipinski definition) is 0. The number of rotatable bonds is 1. The van der Waals surface area contributed by atoms with Crippen LogP contribution in [0.3, 0.4) is 0 Å². The third-order valence-corrected chi connectivity index (χ3v) is 14.3. The van der Waals surface area contributed by atoms with Gasteiger partial charge < -0.3 is 8.80 Å². The van der Waals surface area contributed by atoms with Crippen LogP contribution in [-0.2, 0) is 16.2 Å². The normalized spacial score (nSPS) is 14.1. The molecule has 11 rings (SSSR count). The number of aryl methyl sites for hydroxylation is 1. The van der Waals surface area contributed by atoms with Gasteiger partial charge in [-0.25, -0.2) is 0 Å². The van der Waals surface area contributed by atoms with Crippen molar-refractivity contribution in [1.82, 2.24) is 8.80 Å². The number of fused-ring (bicyclic) bond motifs is 20. The quantitative estimate of drug-likeness (QED) is 0.146. The summed E-state index contributed by atoms with van der Waals surface area (Å²) in [4.78, 5) is 0. The van der Waals surface area contributed by atoms with Gasteiger partial charge in [-0.3, -0.25) is 0 Å². The summed E-state index contributed by atoms with van der Waals surface area (Å²) in [6.45, 7) is 34.9. The summed E-state index contributed by atoms with van der Waals surface area (Å²) in [5.41, 5.74) is 14.2. The van der Waals surface area contributed by atoms with Crippen molar-refractivity contribution in [2.24, 2.45) is 5.41 Å². The molecular formula is C59H58N2. The number of allylic oxidation sites excluding steroid dienone is 1. The van der Waals surface area contributed by atoms with Gasteiger partial charge in [-0.15, -0.1) is 0 Å². The van der Waals surface area contributed by atoms with E-state index in [1.54, 1.807) is 0 Å². The molecule has 2 nitrogen and oxygen atoms in total. The highest BCUT2D eigenvalue weighted by Crippen LogP contribution is 2.52. The fourth-order valence-corrected chi connectivity index (χ4v) is 10.7. The van der Waals surface area contributed by atoms with Crippen molar-refractivity contribution in [2.45, 2.75) is 106 Å². The zero-order valence-electron chi connectivity index (χ0n) is 38.4. The molecule has 11 aromatic rings. The first-order valence-corrected chi connectivity index (χ1v) is 22.3.